The fourth-order valence-electron chi connectivity index (χ4n) is 10.4. The molecule has 0 spiro atoms. The first-order valence-corrected chi connectivity index (χ1v) is 38.1. The van der Waals surface area contributed by atoms with Gasteiger partial charge in [-0.1, -0.05) is 26.3 Å². The summed E-state index contributed by atoms with van der Waals surface area (Å²) in [6, 6.07) is 29.9. The average Bonchev–Trinajstić information content (AvgIpc) is 0.804. The van der Waals surface area contributed by atoms with Gasteiger partial charge < -0.3 is 75.8 Å². The summed E-state index contributed by atoms with van der Waals surface area (Å²) < 4.78 is 89.5. The molecular formula is C88H98O28. The van der Waals surface area contributed by atoms with Gasteiger partial charge in [-0.05, 0) is 264 Å². The Morgan fingerprint density at radius 2 is 0.491 bits per heavy atom. The van der Waals surface area contributed by atoms with Crippen molar-refractivity contribution in [3.63, 3.8) is 0 Å². The van der Waals surface area contributed by atoms with Crippen LogP contribution in [0.1, 0.15) is 193 Å². The minimum atomic E-state index is -2.60. The Bertz CT molecular complexity index is 4000. The fourth-order valence-corrected chi connectivity index (χ4v) is 10.4. The molecule has 0 N–H and O–H groups in total. The Kier molecular flexibility index (Phi) is 40.4. The molecule has 0 radical (unpaired) electrons. The minimum Gasteiger partial charge on any atom is -0.494 e. The van der Waals surface area contributed by atoms with Crippen LogP contribution in [0.25, 0.3) is 0 Å². The number of hydrogen-bond acceptors (Lipinski definition) is 28. The molecule has 2 atom stereocenters. The topological polar surface area (TPSA) is 353 Å². The summed E-state index contributed by atoms with van der Waals surface area (Å²) in [5.41, 5.74) is -1.45. The van der Waals surface area contributed by atoms with Crippen molar-refractivity contribution < 1.29 is 133 Å². The second kappa shape index (κ2) is 51.0. The zero-order valence-corrected chi connectivity index (χ0v) is 65.6. The van der Waals surface area contributed by atoms with Gasteiger partial charge in [-0.2, -0.15) is 0 Å². The van der Waals surface area contributed by atoms with Gasteiger partial charge in [0.2, 0.25) is 12.2 Å². The summed E-state index contributed by atoms with van der Waals surface area (Å²) in [5.74, 6) is -12.2. The maximum atomic E-state index is 15.1. The predicted octanol–water partition coefficient (Wildman–Crippen LogP) is 14.9. The molecule has 0 aliphatic heterocycles. The third kappa shape index (κ3) is 33.8. The van der Waals surface area contributed by atoms with Crippen molar-refractivity contribution in [3.05, 3.63) is 217 Å². The maximum absolute atomic E-state index is 15.1. The number of unbranched alkanes of at least 4 members (excludes halogenated alkanes) is 12. The first kappa shape index (κ1) is 92.0. The lowest BCUT2D eigenvalue weighted by atomic mass is 10.1. The van der Waals surface area contributed by atoms with Crippen molar-refractivity contribution in [2.24, 2.45) is 0 Å². The summed E-state index contributed by atoms with van der Waals surface area (Å²) in [5, 5.41) is 0. The van der Waals surface area contributed by atoms with Gasteiger partial charge in [-0.15, -0.1) is 0 Å². The lowest BCUT2D eigenvalue weighted by Crippen LogP contribution is -2.48. The van der Waals surface area contributed by atoms with E-state index in [0.717, 1.165) is 99.9 Å². The second-order valence-corrected chi connectivity index (χ2v) is 26.1. The highest BCUT2D eigenvalue weighted by Crippen LogP contribution is 2.32. The summed E-state index contributed by atoms with van der Waals surface area (Å²) >= 11 is 0. The van der Waals surface area contributed by atoms with Crippen LogP contribution in [0.2, 0.25) is 0 Å². The molecule has 0 bridgehead atoms. The van der Waals surface area contributed by atoms with Crippen molar-refractivity contribution >= 4 is 71.6 Å². The largest absolute Gasteiger partial charge is 0.494 e. The van der Waals surface area contributed by atoms with Gasteiger partial charge in [0.05, 0.1) is 87.3 Å². The number of esters is 12. The lowest BCUT2D eigenvalue weighted by Gasteiger charge is -2.26. The van der Waals surface area contributed by atoms with E-state index in [4.69, 9.17) is 75.8 Å². The summed E-state index contributed by atoms with van der Waals surface area (Å²) in [6.45, 7) is 21.6. The average molecular weight is 1600 g/mol. The molecule has 0 aromatic heterocycles. The molecule has 6 rings (SSSR count). The number of benzene rings is 6. The van der Waals surface area contributed by atoms with E-state index in [-0.39, 0.29) is 60.2 Å². The van der Waals surface area contributed by atoms with E-state index < -0.39 is 119 Å². The zero-order valence-electron chi connectivity index (χ0n) is 65.6. The number of ether oxygens (including phenoxy) is 16. The Morgan fingerprint density at radius 1 is 0.267 bits per heavy atom. The van der Waals surface area contributed by atoms with E-state index in [1.54, 1.807) is 0 Å². The smallest absolute Gasteiger partial charge is 0.352 e. The number of carbonyl (C=O) groups is 12. The van der Waals surface area contributed by atoms with Crippen molar-refractivity contribution in [2.75, 3.05) is 52.9 Å². The van der Waals surface area contributed by atoms with E-state index >= 15 is 9.59 Å². The molecule has 28 heteroatoms. The first-order valence-electron chi connectivity index (χ1n) is 38.1. The van der Waals surface area contributed by atoms with Crippen molar-refractivity contribution in [1.82, 2.24) is 0 Å². The van der Waals surface area contributed by atoms with Gasteiger partial charge in [-0.3, -0.25) is 0 Å². The Balaban J connectivity index is 1.29. The van der Waals surface area contributed by atoms with Crippen molar-refractivity contribution in [1.29, 1.82) is 0 Å². The van der Waals surface area contributed by atoms with Crippen LogP contribution >= 0.6 is 0 Å². The molecule has 2 unspecified atom stereocenters. The van der Waals surface area contributed by atoms with Crippen LogP contribution in [-0.4, -0.2) is 149 Å². The first-order chi connectivity index (χ1) is 56.0. The van der Waals surface area contributed by atoms with Crippen molar-refractivity contribution in [2.45, 2.75) is 155 Å². The van der Waals surface area contributed by atoms with Gasteiger partial charge in [0, 0.05) is 24.3 Å². The molecule has 6 aromatic carbocycles. The highest BCUT2D eigenvalue weighted by Gasteiger charge is 2.45. The van der Waals surface area contributed by atoms with Crippen LogP contribution in [0, 0.1) is 0 Å². The summed E-state index contributed by atoms with van der Waals surface area (Å²) in [4.78, 5) is 161. The quantitative estimate of drug-likeness (QED) is 0.0112. The highest BCUT2D eigenvalue weighted by atomic mass is 16.6. The molecule has 0 aliphatic carbocycles. The van der Waals surface area contributed by atoms with Crippen LogP contribution in [-0.2, 0) is 66.7 Å². The van der Waals surface area contributed by atoms with Crippen molar-refractivity contribution in [3.8, 4) is 46.0 Å². The molecule has 116 heavy (non-hydrogen) atoms. The van der Waals surface area contributed by atoms with Crippen LogP contribution in [0.4, 0.5) is 0 Å². The lowest BCUT2D eigenvalue weighted by molar-refractivity contribution is -0.178. The third-order valence-electron chi connectivity index (χ3n) is 16.3. The number of carbonyl (C=O) groups excluding carboxylic acids is 12. The SMILES string of the molecule is C=CC(=O)OCCCCCCOc1ccc(C(=O)Oc2ccc(OC(=O)c3ccc(OCCCCCCOC(=O)C=C)cc3)c(C(=O)OC(C(=O)OC(C)C)C(OC(=O)c3cc(OC(=O)c4ccc(OCCCCCCOC(=O)C=C)cc4)ccc3OC(=O)c3ccc(OCCCCCCOC(=O)C=C)cc3)C(=O)OC(C)C)c2)cc1. The van der Waals surface area contributed by atoms with Gasteiger partial charge >= 0.3 is 71.6 Å². The molecule has 0 saturated heterocycles. The van der Waals surface area contributed by atoms with E-state index in [1.807, 2.05) is 0 Å². The monoisotopic (exact) mass is 1600 g/mol. The van der Waals surface area contributed by atoms with Gasteiger partial charge in [0.25, 0.3) is 0 Å². The summed E-state index contributed by atoms with van der Waals surface area (Å²) in [6.07, 6.45) is 8.68. The molecular weight excluding hydrogens is 1500 g/mol. The van der Waals surface area contributed by atoms with Gasteiger partial charge in [0.15, 0.2) is 0 Å². The van der Waals surface area contributed by atoms with Crippen LogP contribution in [0.3, 0.4) is 0 Å². The van der Waals surface area contributed by atoms with Crippen LogP contribution < -0.4 is 37.9 Å². The number of rotatable bonds is 53. The Labute approximate surface area is 673 Å². The van der Waals surface area contributed by atoms with E-state index in [2.05, 4.69) is 26.3 Å². The maximum Gasteiger partial charge on any atom is 0.352 e. The molecule has 0 fully saturated rings. The molecule has 6 aromatic rings. The second-order valence-electron chi connectivity index (χ2n) is 26.1. The number of hydrogen-bond donors (Lipinski definition) is 0. The summed E-state index contributed by atoms with van der Waals surface area (Å²) in [7, 11) is 0. The van der Waals surface area contributed by atoms with Gasteiger partial charge in [0.1, 0.15) is 57.1 Å². The zero-order chi connectivity index (χ0) is 84.0. The standard InChI is InChI=1S/C88H98O28/c1-9-75(89)105-53-25-17-13-21-49-101-65-37-29-61(30-38-65)81(93)111-69-45-47-73(113-83(95)63-33-41-67(42-34-63)103-51-23-15-19-27-55-107-77(91)11-3)71(57-69)85(97)115-79(87(99)109-59(5)6)80(88(100)110-60(7)8)116-86(98)72-58-70(112-82(94)62-31-39-66(40-32-62)102-50-22-14-18-26-54-106-76(90)10-2)46-48-74(72)114-84(96)64-35-43-68(44-36-64)104-52-24-16-20-28-56-108-78(92)12-4/h9-12,29-48,57-60,79-80H,1-4,13-28,49-56H2,5-8H3. The predicted molar refractivity (Wildman–Crippen MR) is 420 cm³/mol. The van der Waals surface area contributed by atoms with E-state index in [9.17, 15) is 47.9 Å². The van der Waals surface area contributed by atoms with E-state index in [1.165, 1.54) is 137 Å². The molecule has 0 aliphatic rings. The Morgan fingerprint density at radius 3 is 0.724 bits per heavy atom. The molecule has 28 nitrogen and oxygen atoms in total. The molecule has 0 amide bonds. The Hall–Kier alpha value is -12.9. The van der Waals surface area contributed by atoms with Crippen LogP contribution in [0.15, 0.2) is 184 Å². The third-order valence-corrected chi connectivity index (χ3v) is 16.3. The minimum absolute atomic E-state index is 0.0237. The fraction of sp³-hybridized carbons (Fsp3) is 0.364. The van der Waals surface area contributed by atoms with E-state index in [0.29, 0.717) is 101 Å². The molecule has 0 heterocycles. The molecule has 0 saturated carbocycles. The van der Waals surface area contributed by atoms with Gasteiger partial charge in [-0.25, -0.2) is 57.5 Å². The normalized spacial score (nSPS) is 11.2. The highest BCUT2D eigenvalue weighted by molar-refractivity contribution is 6.01. The molecule has 618 valence electrons. The van der Waals surface area contributed by atoms with Crippen LogP contribution in [0.5, 0.6) is 46.0 Å².